The van der Waals surface area contributed by atoms with Crippen LogP contribution >= 0.6 is 0 Å². The molecule has 2 atom stereocenters. The minimum absolute atomic E-state index is 0.0158. The number of nitrogens with zero attached hydrogens (tertiary/aromatic N) is 1. The summed E-state index contributed by atoms with van der Waals surface area (Å²) in [5.74, 6) is -0.0910. The molecule has 1 N–H and O–H groups in total. The molecule has 0 spiro atoms. The van der Waals surface area contributed by atoms with Crippen molar-refractivity contribution in [1.29, 1.82) is 0 Å². The van der Waals surface area contributed by atoms with Crippen molar-refractivity contribution in [3.63, 3.8) is 0 Å². The maximum Gasteiger partial charge on any atom is 0.306 e. The molecule has 0 saturated carbocycles. The van der Waals surface area contributed by atoms with Crippen LogP contribution in [-0.4, -0.2) is 54.8 Å². The molecule has 1 fully saturated rings. The summed E-state index contributed by atoms with van der Waals surface area (Å²) >= 11 is 0. The third-order valence-corrected chi connectivity index (χ3v) is 4.04. The van der Waals surface area contributed by atoms with Crippen molar-refractivity contribution in [2.75, 3.05) is 26.8 Å². The van der Waals surface area contributed by atoms with E-state index in [-0.39, 0.29) is 18.2 Å². The van der Waals surface area contributed by atoms with Gasteiger partial charge in [-0.3, -0.25) is 9.59 Å². The average Bonchev–Trinajstić information content (AvgIpc) is 2.54. The number of benzene rings is 1. The Morgan fingerprint density at radius 2 is 2.17 bits per heavy atom. The Morgan fingerprint density at radius 3 is 2.87 bits per heavy atom. The first-order valence-corrected chi connectivity index (χ1v) is 7.75. The highest BCUT2D eigenvalue weighted by Gasteiger charge is 2.27. The minimum Gasteiger partial charge on any atom is -0.496 e. The van der Waals surface area contributed by atoms with Gasteiger partial charge in [-0.1, -0.05) is 25.1 Å². The van der Waals surface area contributed by atoms with Crippen molar-refractivity contribution in [3.8, 4) is 5.75 Å². The molecule has 1 aliphatic heterocycles. The molecule has 1 heterocycles. The van der Waals surface area contributed by atoms with Crippen LogP contribution in [0.25, 0.3) is 0 Å². The van der Waals surface area contributed by atoms with Crippen molar-refractivity contribution >= 4 is 11.9 Å². The Kier molecular flexibility index (Phi) is 5.98. The fourth-order valence-electron chi connectivity index (χ4n) is 2.84. The van der Waals surface area contributed by atoms with Gasteiger partial charge in [0.25, 0.3) is 0 Å². The molecule has 2 rings (SSSR count). The highest BCUT2D eigenvalue weighted by atomic mass is 16.5. The van der Waals surface area contributed by atoms with Crippen LogP contribution in [0.2, 0.25) is 0 Å². The van der Waals surface area contributed by atoms with Gasteiger partial charge in [-0.15, -0.1) is 0 Å². The molecule has 1 amide bonds. The predicted molar refractivity (Wildman–Crippen MR) is 84.6 cm³/mol. The Hall–Kier alpha value is -2.08. The van der Waals surface area contributed by atoms with Crippen molar-refractivity contribution in [2.45, 2.75) is 31.8 Å². The number of methoxy groups -OCH3 is 1. The molecule has 1 saturated heterocycles. The van der Waals surface area contributed by atoms with E-state index in [2.05, 4.69) is 0 Å². The summed E-state index contributed by atoms with van der Waals surface area (Å²) in [6.07, 6.45) is -0.141. The number of rotatable bonds is 6. The standard InChI is InChI=1S/C17H23NO5/c1-12(14-5-3-4-6-15(14)22-2)9-16(19)18-7-8-23-13(11-18)10-17(20)21/h3-6,12-13H,7-11H2,1-2H3,(H,20,21)/t12-,13+/m1/s1. The van der Waals surface area contributed by atoms with Crippen LogP contribution in [0.3, 0.4) is 0 Å². The summed E-state index contributed by atoms with van der Waals surface area (Å²) < 4.78 is 10.7. The fraction of sp³-hybridized carbons (Fsp3) is 0.529. The van der Waals surface area contributed by atoms with E-state index in [1.165, 1.54) is 0 Å². The molecule has 0 aromatic heterocycles. The van der Waals surface area contributed by atoms with Gasteiger partial charge >= 0.3 is 5.97 Å². The van der Waals surface area contributed by atoms with Crippen LogP contribution in [-0.2, 0) is 14.3 Å². The average molecular weight is 321 g/mol. The molecule has 6 heteroatoms. The molecule has 0 unspecified atom stereocenters. The Morgan fingerprint density at radius 1 is 1.43 bits per heavy atom. The van der Waals surface area contributed by atoms with Crippen molar-refractivity contribution in [2.24, 2.45) is 0 Å². The number of carbonyl (C=O) groups is 2. The number of amides is 1. The highest BCUT2D eigenvalue weighted by molar-refractivity contribution is 5.77. The summed E-state index contributed by atoms with van der Waals surface area (Å²) in [6, 6.07) is 7.67. The van der Waals surface area contributed by atoms with E-state index in [1.807, 2.05) is 31.2 Å². The molecule has 0 radical (unpaired) electrons. The summed E-state index contributed by atoms with van der Waals surface area (Å²) in [5.41, 5.74) is 0.999. The molecular formula is C17H23NO5. The number of carbonyl (C=O) groups excluding carboxylic acids is 1. The second kappa shape index (κ2) is 7.97. The second-order valence-corrected chi connectivity index (χ2v) is 5.78. The first-order chi connectivity index (χ1) is 11.0. The number of morpholine rings is 1. The normalized spacial score (nSPS) is 19.2. The molecule has 23 heavy (non-hydrogen) atoms. The number of carboxylic acid groups (broad SMARTS) is 1. The number of hydrogen-bond acceptors (Lipinski definition) is 4. The van der Waals surface area contributed by atoms with E-state index in [4.69, 9.17) is 14.6 Å². The molecule has 1 aromatic carbocycles. The number of ether oxygens (including phenoxy) is 2. The number of carboxylic acids is 1. The van der Waals surface area contributed by atoms with E-state index in [0.29, 0.717) is 26.1 Å². The molecule has 126 valence electrons. The maximum atomic E-state index is 12.5. The van der Waals surface area contributed by atoms with Gasteiger partial charge in [0.2, 0.25) is 5.91 Å². The number of hydrogen-bond donors (Lipinski definition) is 1. The largest absolute Gasteiger partial charge is 0.496 e. The van der Waals surface area contributed by atoms with E-state index >= 15 is 0 Å². The van der Waals surface area contributed by atoms with Crippen LogP contribution in [0.1, 0.15) is 31.2 Å². The van der Waals surface area contributed by atoms with Gasteiger partial charge in [-0.25, -0.2) is 0 Å². The zero-order valence-electron chi connectivity index (χ0n) is 13.5. The topological polar surface area (TPSA) is 76.1 Å². The summed E-state index contributed by atoms with van der Waals surface area (Å²) in [6.45, 7) is 3.22. The Balaban J connectivity index is 1.96. The van der Waals surface area contributed by atoms with Crippen LogP contribution in [0.4, 0.5) is 0 Å². The van der Waals surface area contributed by atoms with Gasteiger partial charge in [0, 0.05) is 19.5 Å². The summed E-state index contributed by atoms with van der Waals surface area (Å²) in [5, 5.41) is 8.85. The lowest BCUT2D eigenvalue weighted by molar-refractivity contribution is -0.147. The smallest absolute Gasteiger partial charge is 0.306 e. The molecule has 1 aliphatic rings. The first kappa shape index (κ1) is 17.3. The van der Waals surface area contributed by atoms with Crippen molar-refractivity contribution < 1.29 is 24.2 Å². The third kappa shape index (κ3) is 4.69. The Labute approximate surface area is 136 Å². The fourth-order valence-corrected chi connectivity index (χ4v) is 2.84. The first-order valence-electron chi connectivity index (χ1n) is 7.75. The maximum absolute atomic E-state index is 12.5. The molecule has 0 aliphatic carbocycles. The van der Waals surface area contributed by atoms with Crippen molar-refractivity contribution in [1.82, 2.24) is 4.90 Å². The SMILES string of the molecule is COc1ccccc1[C@H](C)CC(=O)N1CCO[C@@H](CC(=O)O)C1. The lowest BCUT2D eigenvalue weighted by atomic mass is 9.96. The predicted octanol–water partition coefficient (Wildman–Crippen LogP) is 1.89. The van der Waals surface area contributed by atoms with Crippen LogP contribution < -0.4 is 4.74 Å². The lowest BCUT2D eigenvalue weighted by Crippen LogP contribution is -2.46. The molecule has 6 nitrogen and oxygen atoms in total. The van der Waals surface area contributed by atoms with Crippen LogP contribution in [0.15, 0.2) is 24.3 Å². The van der Waals surface area contributed by atoms with Gasteiger partial charge in [-0.2, -0.15) is 0 Å². The zero-order chi connectivity index (χ0) is 16.8. The van der Waals surface area contributed by atoms with E-state index in [1.54, 1.807) is 12.0 Å². The van der Waals surface area contributed by atoms with Gasteiger partial charge < -0.3 is 19.5 Å². The summed E-state index contributed by atoms with van der Waals surface area (Å²) in [4.78, 5) is 25.0. The lowest BCUT2D eigenvalue weighted by Gasteiger charge is -2.33. The van der Waals surface area contributed by atoms with Crippen molar-refractivity contribution in [3.05, 3.63) is 29.8 Å². The van der Waals surface area contributed by atoms with Gasteiger partial charge in [-0.05, 0) is 17.5 Å². The Bertz CT molecular complexity index is 560. The van der Waals surface area contributed by atoms with Crippen LogP contribution in [0.5, 0.6) is 5.75 Å². The third-order valence-electron chi connectivity index (χ3n) is 4.04. The van der Waals surface area contributed by atoms with E-state index < -0.39 is 12.1 Å². The highest BCUT2D eigenvalue weighted by Crippen LogP contribution is 2.29. The van der Waals surface area contributed by atoms with Gasteiger partial charge in [0.1, 0.15) is 5.75 Å². The minimum atomic E-state index is -0.910. The monoisotopic (exact) mass is 321 g/mol. The number of para-hydroxylation sites is 1. The zero-order valence-corrected chi connectivity index (χ0v) is 13.5. The molecular weight excluding hydrogens is 298 g/mol. The van der Waals surface area contributed by atoms with E-state index in [0.717, 1.165) is 11.3 Å². The van der Waals surface area contributed by atoms with Crippen LogP contribution in [0, 0.1) is 0 Å². The second-order valence-electron chi connectivity index (χ2n) is 5.78. The summed E-state index contributed by atoms with van der Waals surface area (Å²) in [7, 11) is 1.62. The number of aliphatic carboxylic acids is 1. The molecule has 0 bridgehead atoms. The van der Waals surface area contributed by atoms with E-state index in [9.17, 15) is 9.59 Å². The molecule has 1 aromatic rings. The quantitative estimate of drug-likeness (QED) is 0.866. The van der Waals surface area contributed by atoms with Gasteiger partial charge in [0.05, 0.1) is 26.2 Å². The van der Waals surface area contributed by atoms with Gasteiger partial charge in [0.15, 0.2) is 0 Å².